The zero-order chi connectivity index (χ0) is 30.7. The normalized spacial score (nSPS) is 25.7. The van der Waals surface area contributed by atoms with Gasteiger partial charge in [0.15, 0.2) is 11.4 Å². The number of fused-ring (bicyclic) bond motifs is 3. The zero-order valence-corrected chi connectivity index (χ0v) is 23.2. The van der Waals surface area contributed by atoms with Crippen molar-refractivity contribution in [2.24, 2.45) is 17.6 Å². The van der Waals surface area contributed by atoms with Crippen molar-refractivity contribution in [2.75, 3.05) is 19.4 Å². The molecule has 2 aromatic rings. The number of phenolic OH excluding ortho intramolecular Hbond substituents is 1. The molecule has 8 N–H and O–H groups in total. The van der Waals surface area contributed by atoms with Crippen LogP contribution in [0, 0.1) is 23.7 Å². The highest BCUT2D eigenvalue weighted by atomic mass is 16.3. The van der Waals surface area contributed by atoms with E-state index in [9.17, 15) is 39.9 Å². The van der Waals surface area contributed by atoms with Crippen molar-refractivity contribution in [2.45, 2.75) is 37.6 Å². The second-order valence-electron chi connectivity index (χ2n) is 11.1. The molecule has 1 amide bonds. The summed E-state index contributed by atoms with van der Waals surface area (Å²) in [6.07, 6.45) is -0.585. The van der Waals surface area contributed by atoms with Gasteiger partial charge in [-0.2, -0.15) is 0 Å². The molecule has 5 rings (SSSR count). The van der Waals surface area contributed by atoms with E-state index >= 15 is 0 Å². The Kier molecular flexibility index (Phi) is 7.10. The highest BCUT2D eigenvalue weighted by Gasteiger charge is 2.63. The number of amides is 1. The van der Waals surface area contributed by atoms with Crippen LogP contribution < -0.4 is 11.1 Å². The smallest absolute Gasteiger partial charge is 0.255 e. The Labute approximate surface area is 241 Å². The van der Waals surface area contributed by atoms with E-state index in [4.69, 9.17) is 5.73 Å². The number of benzene rings is 2. The zero-order valence-electron chi connectivity index (χ0n) is 23.2. The molecule has 5 atom stereocenters. The number of likely N-dealkylation sites (N-methyl/N-ethyl adjacent to an activating group) is 1. The summed E-state index contributed by atoms with van der Waals surface area (Å²) in [6, 6.07) is 8.88. The average Bonchev–Trinajstić information content (AvgIpc) is 2.90. The van der Waals surface area contributed by atoms with E-state index in [0.717, 1.165) is 0 Å². The van der Waals surface area contributed by atoms with E-state index in [1.165, 1.54) is 11.0 Å². The van der Waals surface area contributed by atoms with Gasteiger partial charge in [0, 0.05) is 28.3 Å². The van der Waals surface area contributed by atoms with Gasteiger partial charge in [-0.3, -0.25) is 19.3 Å². The standard InChI is InChI=1S/C31H31N3O8/c1-14(35)33-18-9-5-15(6-10-18)4-7-16-8-11-21(36)23-19(16)12-17-13-20-25(34(2)3)27(38)24(30(32)41)29(40)31(20,42)28(39)22(17)26(23)37/h5-6,8-11,14,17,20,25,33,35-36,38-39,42H,12-13H2,1-3H3,(H2,32,41)/t14?,17-,20-,25-,31-/m0/s1. The number of hydrogen-bond acceptors (Lipinski definition) is 10. The first-order chi connectivity index (χ1) is 19.8. The number of carbonyl (C=O) groups is 3. The van der Waals surface area contributed by atoms with Crippen molar-refractivity contribution in [1.82, 2.24) is 4.90 Å². The quantitative estimate of drug-likeness (QED) is 0.159. The van der Waals surface area contributed by atoms with Crippen molar-refractivity contribution in [1.29, 1.82) is 0 Å². The van der Waals surface area contributed by atoms with Gasteiger partial charge in [-0.1, -0.05) is 11.8 Å². The maximum Gasteiger partial charge on any atom is 0.255 e. The van der Waals surface area contributed by atoms with Gasteiger partial charge in [0.05, 0.1) is 11.6 Å². The lowest BCUT2D eigenvalue weighted by molar-refractivity contribution is -0.148. The summed E-state index contributed by atoms with van der Waals surface area (Å²) in [6.45, 7) is 1.60. The molecule has 11 heteroatoms. The number of anilines is 1. The number of Topliss-reactive ketones (excluding diaryl/α,β-unsaturated/α-hetero) is 2. The molecular formula is C31H31N3O8. The molecule has 0 saturated carbocycles. The summed E-state index contributed by atoms with van der Waals surface area (Å²) in [5, 5.41) is 57.0. The molecule has 0 spiro atoms. The fourth-order valence-electron chi connectivity index (χ4n) is 6.40. The number of allylic oxidation sites excluding steroid dienone is 1. The fourth-order valence-corrected chi connectivity index (χ4v) is 6.40. The minimum Gasteiger partial charge on any atom is -0.510 e. The van der Waals surface area contributed by atoms with Crippen LogP contribution in [0.5, 0.6) is 5.75 Å². The van der Waals surface area contributed by atoms with Gasteiger partial charge in [-0.15, -0.1) is 0 Å². The van der Waals surface area contributed by atoms with Crippen molar-refractivity contribution >= 4 is 23.2 Å². The Hall–Kier alpha value is -4.63. The lowest BCUT2D eigenvalue weighted by Crippen LogP contribution is -2.63. The second-order valence-corrected chi connectivity index (χ2v) is 11.1. The number of rotatable bonds is 4. The fraction of sp³-hybridized carbons (Fsp3) is 0.323. The number of phenols is 1. The Bertz CT molecular complexity index is 1640. The van der Waals surface area contributed by atoms with Gasteiger partial charge in [0.2, 0.25) is 5.78 Å². The van der Waals surface area contributed by atoms with Gasteiger partial charge < -0.3 is 36.6 Å². The summed E-state index contributed by atoms with van der Waals surface area (Å²) in [5.41, 5.74) is 3.80. The molecule has 0 aliphatic heterocycles. The third-order valence-electron chi connectivity index (χ3n) is 8.21. The van der Waals surface area contributed by atoms with Crippen LogP contribution in [0.1, 0.15) is 40.4 Å². The van der Waals surface area contributed by atoms with E-state index < -0.39 is 64.3 Å². The van der Waals surface area contributed by atoms with E-state index in [2.05, 4.69) is 17.2 Å². The predicted octanol–water partition coefficient (Wildman–Crippen LogP) is 1.27. The molecule has 3 aliphatic rings. The highest BCUT2D eigenvalue weighted by Crippen LogP contribution is 2.52. The number of primary amides is 1. The van der Waals surface area contributed by atoms with Gasteiger partial charge in [-0.05, 0) is 81.7 Å². The second kappa shape index (κ2) is 10.3. The molecule has 2 aromatic carbocycles. The Morgan fingerprint density at radius 1 is 1.10 bits per heavy atom. The van der Waals surface area contributed by atoms with Crippen LogP contribution >= 0.6 is 0 Å². The number of nitrogens with zero attached hydrogens (tertiary/aromatic N) is 1. The molecule has 0 bridgehead atoms. The molecule has 0 saturated heterocycles. The van der Waals surface area contributed by atoms with Crippen LogP contribution in [0.2, 0.25) is 0 Å². The maximum atomic E-state index is 13.8. The third kappa shape index (κ3) is 4.41. The Morgan fingerprint density at radius 2 is 1.76 bits per heavy atom. The minimum absolute atomic E-state index is 0.00791. The average molecular weight is 574 g/mol. The largest absolute Gasteiger partial charge is 0.510 e. The van der Waals surface area contributed by atoms with Gasteiger partial charge in [0.25, 0.3) is 5.91 Å². The van der Waals surface area contributed by atoms with Crippen molar-refractivity contribution in [3.63, 3.8) is 0 Å². The molecule has 218 valence electrons. The molecule has 0 radical (unpaired) electrons. The summed E-state index contributed by atoms with van der Waals surface area (Å²) < 4.78 is 0. The number of ketones is 2. The van der Waals surface area contributed by atoms with Crippen LogP contribution in [0.4, 0.5) is 5.69 Å². The van der Waals surface area contributed by atoms with Crippen molar-refractivity contribution in [3.05, 3.63) is 81.3 Å². The van der Waals surface area contributed by atoms with Gasteiger partial charge in [-0.25, -0.2) is 0 Å². The van der Waals surface area contributed by atoms with Crippen LogP contribution in [-0.2, 0) is 16.0 Å². The first-order valence-electron chi connectivity index (χ1n) is 13.3. The van der Waals surface area contributed by atoms with Crippen molar-refractivity contribution < 1.29 is 39.9 Å². The number of aliphatic hydroxyl groups is 4. The predicted molar refractivity (Wildman–Crippen MR) is 151 cm³/mol. The Balaban J connectivity index is 1.60. The number of nitrogens with two attached hydrogens (primary N) is 1. The summed E-state index contributed by atoms with van der Waals surface area (Å²) in [5.74, 6) is -0.910. The van der Waals surface area contributed by atoms with Crippen LogP contribution in [0.15, 0.2) is 59.1 Å². The number of carbonyl (C=O) groups excluding carboxylic acids is 3. The molecular weight excluding hydrogens is 542 g/mol. The topological polar surface area (TPSA) is 194 Å². The first kappa shape index (κ1) is 28.9. The molecule has 3 aliphatic carbocycles. The molecule has 1 unspecified atom stereocenters. The van der Waals surface area contributed by atoms with Crippen LogP contribution in [0.3, 0.4) is 0 Å². The van der Waals surface area contributed by atoms with Crippen LogP contribution in [0.25, 0.3) is 0 Å². The third-order valence-corrected chi connectivity index (χ3v) is 8.21. The lowest BCUT2D eigenvalue weighted by Gasteiger charge is -2.50. The summed E-state index contributed by atoms with van der Waals surface area (Å²) in [4.78, 5) is 40.8. The molecule has 0 fully saturated rings. The SMILES string of the molecule is CC(O)Nc1ccc(C#Cc2ccc(O)c3c2C[C@H]2C[C@H]4[C@H](N(C)C)C(O)=C(C(N)=O)C(=O)[C@@]4(O)C(O)=C2C3=O)cc1. The van der Waals surface area contributed by atoms with E-state index in [0.29, 0.717) is 22.4 Å². The number of nitrogens with one attached hydrogen (secondary N) is 1. The number of hydrogen-bond donors (Lipinski definition) is 7. The number of aliphatic hydroxyl groups excluding tert-OH is 3. The lowest BCUT2D eigenvalue weighted by atomic mass is 9.58. The highest BCUT2D eigenvalue weighted by molar-refractivity contribution is 6.24. The molecule has 42 heavy (non-hydrogen) atoms. The van der Waals surface area contributed by atoms with E-state index in [-0.39, 0.29) is 29.7 Å². The molecule has 0 aromatic heterocycles. The monoisotopic (exact) mass is 573 g/mol. The van der Waals surface area contributed by atoms with Crippen LogP contribution in [-0.4, -0.2) is 79.9 Å². The molecule has 11 nitrogen and oxygen atoms in total. The van der Waals surface area contributed by atoms with Gasteiger partial charge >= 0.3 is 0 Å². The summed E-state index contributed by atoms with van der Waals surface area (Å²) >= 11 is 0. The van der Waals surface area contributed by atoms with Gasteiger partial charge in [0.1, 0.15) is 29.1 Å². The number of aromatic hydroxyl groups is 1. The van der Waals surface area contributed by atoms with E-state index in [1.54, 1.807) is 51.4 Å². The molecule has 0 heterocycles. The van der Waals surface area contributed by atoms with Crippen molar-refractivity contribution in [3.8, 4) is 17.6 Å². The first-order valence-corrected chi connectivity index (χ1v) is 13.3. The summed E-state index contributed by atoms with van der Waals surface area (Å²) in [7, 11) is 3.15. The van der Waals surface area contributed by atoms with E-state index in [1.807, 2.05) is 0 Å². The maximum absolute atomic E-state index is 13.8. The Morgan fingerprint density at radius 3 is 2.36 bits per heavy atom. The minimum atomic E-state index is -2.69.